The number of rotatable bonds is 2. The fourth-order valence-corrected chi connectivity index (χ4v) is 4.58. The lowest BCUT2D eigenvalue weighted by Gasteiger charge is -2.09. The van der Waals surface area contributed by atoms with Crippen molar-refractivity contribution in [2.45, 2.75) is 19.3 Å². The summed E-state index contributed by atoms with van der Waals surface area (Å²) in [6, 6.07) is 10.2. The minimum atomic E-state index is 0.896. The van der Waals surface area contributed by atoms with E-state index in [4.69, 9.17) is 0 Å². The van der Waals surface area contributed by atoms with E-state index in [0.717, 1.165) is 33.7 Å². The van der Waals surface area contributed by atoms with Gasteiger partial charge in [-0.05, 0) is 37.0 Å². The van der Waals surface area contributed by atoms with Gasteiger partial charge in [0.15, 0.2) is 0 Å². The molecule has 0 aliphatic heterocycles. The van der Waals surface area contributed by atoms with E-state index in [2.05, 4.69) is 38.5 Å². The summed E-state index contributed by atoms with van der Waals surface area (Å²) in [6.45, 7) is 0. The summed E-state index contributed by atoms with van der Waals surface area (Å²) < 4.78 is 0. The SMILES string of the molecule is c1cnc2c(Nc3ncnc4sc5c(c34)CCC5)cccc2c1. The third-order valence-corrected chi connectivity index (χ3v) is 5.59. The normalized spacial score (nSPS) is 13.6. The van der Waals surface area contributed by atoms with Gasteiger partial charge in [0.1, 0.15) is 17.0 Å². The van der Waals surface area contributed by atoms with Crippen molar-refractivity contribution in [3.05, 3.63) is 53.3 Å². The van der Waals surface area contributed by atoms with Crippen LogP contribution in [-0.4, -0.2) is 15.0 Å². The van der Waals surface area contributed by atoms with E-state index in [-0.39, 0.29) is 0 Å². The average Bonchev–Trinajstić information content (AvgIpc) is 3.16. The Morgan fingerprint density at radius 1 is 1.00 bits per heavy atom. The van der Waals surface area contributed by atoms with Gasteiger partial charge in [-0.25, -0.2) is 9.97 Å². The molecule has 0 fully saturated rings. The van der Waals surface area contributed by atoms with Crippen LogP contribution in [0.5, 0.6) is 0 Å². The molecule has 23 heavy (non-hydrogen) atoms. The molecular formula is C18H14N4S. The van der Waals surface area contributed by atoms with Gasteiger partial charge < -0.3 is 5.32 Å². The van der Waals surface area contributed by atoms with Crippen LogP contribution < -0.4 is 5.32 Å². The number of aryl methyl sites for hydroxylation is 2. The number of aromatic nitrogens is 3. The highest BCUT2D eigenvalue weighted by atomic mass is 32.1. The Balaban J connectivity index is 1.69. The Morgan fingerprint density at radius 2 is 1.96 bits per heavy atom. The summed E-state index contributed by atoms with van der Waals surface area (Å²) in [6.07, 6.45) is 7.01. The van der Waals surface area contributed by atoms with Gasteiger partial charge in [0.2, 0.25) is 0 Å². The number of benzene rings is 1. The molecule has 0 radical (unpaired) electrons. The number of nitrogens with one attached hydrogen (secondary N) is 1. The summed E-state index contributed by atoms with van der Waals surface area (Å²) >= 11 is 1.81. The number of anilines is 2. The van der Waals surface area contributed by atoms with E-state index in [1.165, 1.54) is 28.7 Å². The molecule has 5 heteroatoms. The second kappa shape index (κ2) is 4.99. The smallest absolute Gasteiger partial charge is 0.142 e. The molecular weight excluding hydrogens is 304 g/mol. The standard InChI is InChI=1S/C18H14N4S/c1-4-11-5-3-9-19-16(11)13(7-1)22-17-15-12-6-2-8-14(12)23-18(15)21-10-20-17/h1,3-5,7,9-10H,2,6,8H2,(H,20,21,22). The third-order valence-electron chi connectivity index (χ3n) is 4.39. The quantitative estimate of drug-likeness (QED) is 0.592. The second-order valence-corrected chi connectivity index (χ2v) is 6.85. The Morgan fingerprint density at radius 3 is 2.96 bits per heavy atom. The molecule has 3 aromatic heterocycles. The number of nitrogens with zero attached hydrogens (tertiary/aromatic N) is 3. The first kappa shape index (κ1) is 13.0. The van der Waals surface area contributed by atoms with E-state index in [9.17, 15) is 0 Å². The van der Waals surface area contributed by atoms with Crippen molar-refractivity contribution in [1.29, 1.82) is 0 Å². The van der Waals surface area contributed by atoms with Gasteiger partial charge in [-0.2, -0.15) is 0 Å². The largest absolute Gasteiger partial charge is 0.338 e. The number of pyridine rings is 1. The van der Waals surface area contributed by atoms with Crippen LogP contribution in [0.4, 0.5) is 11.5 Å². The predicted molar refractivity (Wildman–Crippen MR) is 94.5 cm³/mol. The number of thiophene rings is 1. The molecule has 0 saturated carbocycles. The topological polar surface area (TPSA) is 50.7 Å². The van der Waals surface area contributed by atoms with Crippen molar-refractivity contribution >= 4 is 44.0 Å². The van der Waals surface area contributed by atoms with Gasteiger partial charge >= 0.3 is 0 Å². The Kier molecular flexibility index (Phi) is 2.81. The van der Waals surface area contributed by atoms with Crippen LogP contribution in [0, 0.1) is 0 Å². The number of hydrogen-bond donors (Lipinski definition) is 1. The fraction of sp³-hybridized carbons (Fsp3) is 0.167. The van der Waals surface area contributed by atoms with Gasteiger partial charge in [0.05, 0.1) is 16.6 Å². The first-order valence-electron chi connectivity index (χ1n) is 7.76. The third kappa shape index (κ3) is 2.00. The molecule has 1 aliphatic carbocycles. The maximum atomic E-state index is 4.52. The number of hydrogen-bond acceptors (Lipinski definition) is 5. The van der Waals surface area contributed by atoms with E-state index >= 15 is 0 Å². The molecule has 3 heterocycles. The van der Waals surface area contributed by atoms with Crippen molar-refractivity contribution in [3.8, 4) is 0 Å². The number of fused-ring (bicyclic) bond motifs is 4. The zero-order valence-electron chi connectivity index (χ0n) is 12.4. The zero-order chi connectivity index (χ0) is 15.2. The Hall–Kier alpha value is -2.53. The molecule has 0 unspecified atom stereocenters. The minimum absolute atomic E-state index is 0.896. The number of para-hydroxylation sites is 1. The molecule has 5 rings (SSSR count). The first-order chi connectivity index (χ1) is 11.4. The molecule has 0 amide bonds. The lowest BCUT2D eigenvalue weighted by molar-refractivity contribution is 0.917. The fourth-order valence-electron chi connectivity index (χ4n) is 3.36. The Labute approximate surface area is 137 Å². The summed E-state index contributed by atoms with van der Waals surface area (Å²) in [5, 5.41) is 5.81. The summed E-state index contributed by atoms with van der Waals surface area (Å²) in [5.41, 5.74) is 3.39. The average molecular weight is 318 g/mol. The van der Waals surface area contributed by atoms with Crippen LogP contribution in [0.1, 0.15) is 16.9 Å². The predicted octanol–water partition coefficient (Wildman–Crippen LogP) is 4.47. The minimum Gasteiger partial charge on any atom is -0.338 e. The monoisotopic (exact) mass is 318 g/mol. The molecule has 0 saturated heterocycles. The van der Waals surface area contributed by atoms with Gasteiger partial charge in [0.25, 0.3) is 0 Å². The van der Waals surface area contributed by atoms with Crippen LogP contribution in [-0.2, 0) is 12.8 Å². The molecule has 4 aromatic rings. The van der Waals surface area contributed by atoms with Gasteiger partial charge in [-0.3, -0.25) is 4.98 Å². The Bertz CT molecular complexity index is 1030. The summed E-state index contributed by atoms with van der Waals surface area (Å²) in [4.78, 5) is 16.0. The highest BCUT2D eigenvalue weighted by Gasteiger charge is 2.21. The van der Waals surface area contributed by atoms with Crippen LogP contribution in [0.15, 0.2) is 42.9 Å². The molecule has 4 nitrogen and oxygen atoms in total. The molecule has 1 N–H and O–H groups in total. The van der Waals surface area contributed by atoms with Crippen molar-refractivity contribution < 1.29 is 0 Å². The molecule has 0 atom stereocenters. The van der Waals surface area contributed by atoms with Crippen molar-refractivity contribution in [1.82, 2.24) is 15.0 Å². The van der Waals surface area contributed by atoms with Gasteiger partial charge in [-0.15, -0.1) is 11.3 Å². The maximum Gasteiger partial charge on any atom is 0.142 e. The maximum absolute atomic E-state index is 4.52. The van der Waals surface area contributed by atoms with Crippen molar-refractivity contribution in [2.24, 2.45) is 0 Å². The lowest BCUT2D eigenvalue weighted by Crippen LogP contribution is -1.97. The summed E-state index contributed by atoms with van der Waals surface area (Å²) in [5.74, 6) is 0.896. The van der Waals surface area contributed by atoms with Crippen LogP contribution in [0.3, 0.4) is 0 Å². The van der Waals surface area contributed by atoms with Crippen molar-refractivity contribution in [3.63, 3.8) is 0 Å². The molecule has 1 aromatic carbocycles. The van der Waals surface area contributed by atoms with Crippen molar-refractivity contribution in [2.75, 3.05) is 5.32 Å². The highest BCUT2D eigenvalue weighted by molar-refractivity contribution is 7.19. The second-order valence-electron chi connectivity index (χ2n) is 5.77. The molecule has 112 valence electrons. The zero-order valence-corrected chi connectivity index (χ0v) is 13.2. The van der Waals surface area contributed by atoms with Crippen LogP contribution in [0.2, 0.25) is 0 Å². The lowest BCUT2D eigenvalue weighted by atomic mass is 10.1. The molecule has 1 aliphatic rings. The molecule has 0 bridgehead atoms. The van der Waals surface area contributed by atoms with E-state index in [1.807, 2.05) is 29.7 Å². The van der Waals surface area contributed by atoms with Crippen LogP contribution >= 0.6 is 11.3 Å². The highest BCUT2D eigenvalue weighted by Crippen LogP contribution is 2.40. The van der Waals surface area contributed by atoms with Gasteiger partial charge in [-0.1, -0.05) is 18.2 Å². The summed E-state index contributed by atoms with van der Waals surface area (Å²) in [7, 11) is 0. The van der Waals surface area contributed by atoms with E-state index < -0.39 is 0 Å². The van der Waals surface area contributed by atoms with E-state index in [1.54, 1.807) is 6.33 Å². The first-order valence-corrected chi connectivity index (χ1v) is 8.58. The van der Waals surface area contributed by atoms with E-state index in [0.29, 0.717) is 0 Å². The molecule has 0 spiro atoms. The van der Waals surface area contributed by atoms with Crippen LogP contribution in [0.25, 0.3) is 21.1 Å². The van der Waals surface area contributed by atoms with Gasteiger partial charge in [0, 0.05) is 16.5 Å².